The molecule has 27 heavy (non-hydrogen) atoms. The highest BCUT2D eigenvalue weighted by Gasteiger charge is 2.11. The third-order valence-corrected chi connectivity index (χ3v) is 5.22. The first-order valence-corrected chi connectivity index (χ1v) is 10.3. The van der Waals surface area contributed by atoms with Crippen molar-refractivity contribution in [2.75, 3.05) is 15.8 Å². The Morgan fingerprint density at radius 1 is 0.815 bits per heavy atom. The quantitative estimate of drug-likeness (QED) is 0.590. The lowest BCUT2D eigenvalue weighted by atomic mass is 10.1. The van der Waals surface area contributed by atoms with Gasteiger partial charge >= 0.3 is 0 Å². The molecule has 0 radical (unpaired) electrons. The summed E-state index contributed by atoms with van der Waals surface area (Å²) in [6.07, 6.45) is 4.69. The number of nitrogens with zero attached hydrogens (tertiary/aromatic N) is 3. The fourth-order valence-corrected chi connectivity index (χ4v) is 3.55. The molecule has 3 aromatic rings. The van der Waals surface area contributed by atoms with Gasteiger partial charge in [-0.1, -0.05) is 30.3 Å². The second kappa shape index (κ2) is 9.09. The van der Waals surface area contributed by atoms with Crippen LogP contribution < -0.4 is 10.0 Å². The van der Waals surface area contributed by atoms with E-state index in [1.807, 2.05) is 42.5 Å². The maximum Gasteiger partial charge on any atom is 0.233 e. The summed E-state index contributed by atoms with van der Waals surface area (Å²) < 4.78 is 26.8. The van der Waals surface area contributed by atoms with E-state index in [0.717, 1.165) is 11.1 Å². The number of benzene rings is 1. The highest BCUT2D eigenvalue weighted by Crippen LogP contribution is 2.11. The van der Waals surface area contributed by atoms with Gasteiger partial charge in [-0.15, -0.1) is 10.2 Å². The van der Waals surface area contributed by atoms with Gasteiger partial charge in [0.2, 0.25) is 10.0 Å². The molecule has 0 spiro atoms. The van der Waals surface area contributed by atoms with Gasteiger partial charge in [-0.2, -0.15) is 0 Å². The van der Waals surface area contributed by atoms with E-state index in [1.54, 1.807) is 24.5 Å². The zero-order valence-electron chi connectivity index (χ0n) is 14.7. The second-order valence-electron chi connectivity index (χ2n) is 6.02. The van der Waals surface area contributed by atoms with Crippen molar-refractivity contribution in [2.45, 2.75) is 19.4 Å². The molecule has 0 amide bonds. The molecule has 0 saturated carbocycles. The van der Waals surface area contributed by atoms with Gasteiger partial charge < -0.3 is 5.32 Å². The molecule has 2 aromatic heterocycles. The molecule has 2 heterocycles. The van der Waals surface area contributed by atoms with E-state index in [0.29, 0.717) is 25.2 Å². The summed E-state index contributed by atoms with van der Waals surface area (Å²) in [7, 11) is -3.45. The smallest absolute Gasteiger partial charge is 0.233 e. The number of nitrogens with one attached hydrogen (secondary N) is 2. The lowest BCUT2D eigenvalue weighted by Gasteiger charge is -2.08. The Morgan fingerprint density at radius 3 is 2.22 bits per heavy atom. The van der Waals surface area contributed by atoms with E-state index in [-0.39, 0.29) is 11.6 Å². The number of sulfonamides is 1. The summed E-state index contributed by atoms with van der Waals surface area (Å²) in [5.74, 6) is 0.814. The van der Waals surface area contributed by atoms with E-state index in [1.165, 1.54) is 0 Å². The molecule has 0 unspecified atom stereocenters. The van der Waals surface area contributed by atoms with Crippen molar-refractivity contribution in [3.05, 3.63) is 78.1 Å². The van der Waals surface area contributed by atoms with E-state index < -0.39 is 10.0 Å². The first-order valence-electron chi connectivity index (χ1n) is 8.62. The lowest BCUT2D eigenvalue weighted by molar-refractivity contribution is 0.598. The zero-order valence-corrected chi connectivity index (χ0v) is 15.6. The molecule has 0 saturated heterocycles. The summed E-state index contributed by atoms with van der Waals surface area (Å²) >= 11 is 0. The highest BCUT2D eigenvalue weighted by atomic mass is 32.2. The van der Waals surface area contributed by atoms with Gasteiger partial charge in [0.1, 0.15) is 5.82 Å². The molecule has 0 aliphatic carbocycles. The van der Waals surface area contributed by atoms with Gasteiger partial charge in [-0.05, 0) is 48.2 Å². The van der Waals surface area contributed by atoms with E-state index in [9.17, 15) is 8.42 Å². The Hall–Kier alpha value is -3.00. The molecule has 7 nitrogen and oxygen atoms in total. The largest absolute Gasteiger partial charge is 0.365 e. The van der Waals surface area contributed by atoms with Crippen LogP contribution in [0, 0.1) is 0 Å². The predicted octanol–water partition coefficient (Wildman–Crippen LogP) is 2.86. The van der Waals surface area contributed by atoms with Crippen molar-refractivity contribution in [3.8, 4) is 0 Å². The summed E-state index contributed by atoms with van der Waals surface area (Å²) in [4.78, 5) is 3.96. The van der Waals surface area contributed by atoms with Crippen molar-refractivity contribution in [3.63, 3.8) is 0 Å². The molecule has 1 aromatic carbocycles. The van der Waals surface area contributed by atoms with Gasteiger partial charge in [0, 0.05) is 18.9 Å². The van der Waals surface area contributed by atoms with Gasteiger partial charge in [-0.25, -0.2) is 8.42 Å². The molecular formula is C19H21N5O2S. The molecule has 0 fully saturated rings. The summed E-state index contributed by atoms with van der Waals surface area (Å²) in [6.45, 7) is 0.585. The number of aryl methyl sites for hydroxylation is 1. The van der Waals surface area contributed by atoms with Crippen molar-refractivity contribution >= 4 is 21.7 Å². The minimum absolute atomic E-state index is 0.0334. The molecule has 0 aliphatic rings. The van der Waals surface area contributed by atoms with Crippen LogP contribution in [-0.2, 0) is 23.0 Å². The van der Waals surface area contributed by atoms with Crippen molar-refractivity contribution in [1.29, 1.82) is 0 Å². The number of hydrogen-bond acceptors (Lipinski definition) is 6. The van der Waals surface area contributed by atoms with Crippen LogP contribution in [0.2, 0.25) is 0 Å². The number of rotatable bonds is 9. The van der Waals surface area contributed by atoms with Crippen LogP contribution in [0.1, 0.15) is 17.5 Å². The van der Waals surface area contributed by atoms with Crippen LogP contribution in [0.15, 0.2) is 67.0 Å². The van der Waals surface area contributed by atoms with E-state index >= 15 is 0 Å². The molecule has 0 bridgehead atoms. The minimum Gasteiger partial charge on any atom is -0.365 e. The van der Waals surface area contributed by atoms with Crippen LogP contribution in [0.3, 0.4) is 0 Å². The van der Waals surface area contributed by atoms with Gasteiger partial charge in [0.25, 0.3) is 0 Å². The van der Waals surface area contributed by atoms with Crippen LogP contribution in [0.25, 0.3) is 0 Å². The van der Waals surface area contributed by atoms with E-state index in [2.05, 4.69) is 25.2 Å². The Bertz CT molecular complexity index is 933. The molecule has 0 aliphatic heterocycles. The van der Waals surface area contributed by atoms with Crippen LogP contribution in [0.5, 0.6) is 0 Å². The Labute approximate surface area is 158 Å². The standard InChI is InChI=1S/C19H21N5O2S/c25-27(26,14-4-7-16-5-2-1-3-6-16)24-19-9-8-18(22-23-19)21-15-17-10-12-20-13-11-17/h1-3,5-6,8-13H,4,7,14-15H2,(H,21,22)(H,23,24). The lowest BCUT2D eigenvalue weighted by Crippen LogP contribution is -2.18. The average Bonchev–Trinajstić information content (AvgIpc) is 2.69. The predicted molar refractivity (Wildman–Crippen MR) is 106 cm³/mol. The average molecular weight is 383 g/mol. The summed E-state index contributed by atoms with van der Waals surface area (Å²) in [6, 6.07) is 16.9. The Balaban J connectivity index is 1.47. The van der Waals surface area contributed by atoms with Gasteiger partial charge in [0.15, 0.2) is 5.82 Å². The first-order chi connectivity index (χ1) is 13.1. The van der Waals surface area contributed by atoms with Crippen molar-refractivity contribution < 1.29 is 8.42 Å². The SMILES string of the molecule is O=S(=O)(CCCc1ccccc1)Nc1ccc(NCc2ccncc2)nn1. The third-order valence-electron chi connectivity index (χ3n) is 3.87. The molecule has 2 N–H and O–H groups in total. The summed E-state index contributed by atoms with van der Waals surface area (Å²) in [5.41, 5.74) is 2.19. The number of hydrogen-bond donors (Lipinski definition) is 2. The monoisotopic (exact) mass is 383 g/mol. The number of anilines is 2. The molecule has 0 atom stereocenters. The van der Waals surface area contributed by atoms with Crippen LogP contribution >= 0.6 is 0 Å². The third kappa shape index (κ3) is 6.34. The van der Waals surface area contributed by atoms with Crippen molar-refractivity contribution in [1.82, 2.24) is 15.2 Å². The molecule has 3 rings (SSSR count). The van der Waals surface area contributed by atoms with Crippen LogP contribution in [-0.4, -0.2) is 29.4 Å². The normalized spacial score (nSPS) is 11.1. The fourth-order valence-electron chi connectivity index (χ4n) is 2.50. The molecular weight excluding hydrogens is 362 g/mol. The van der Waals surface area contributed by atoms with Gasteiger partial charge in [0.05, 0.1) is 5.75 Å². The first kappa shape index (κ1) is 18.8. The second-order valence-corrected chi connectivity index (χ2v) is 7.86. The zero-order chi connectivity index (χ0) is 19.0. The maximum absolute atomic E-state index is 12.2. The van der Waals surface area contributed by atoms with Crippen LogP contribution in [0.4, 0.5) is 11.6 Å². The highest BCUT2D eigenvalue weighted by molar-refractivity contribution is 7.92. The fraction of sp³-hybridized carbons (Fsp3) is 0.211. The Morgan fingerprint density at radius 2 is 1.52 bits per heavy atom. The minimum atomic E-state index is -3.45. The van der Waals surface area contributed by atoms with Crippen molar-refractivity contribution in [2.24, 2.45) is 0 Å². The number of pyridine rings is 1. The van der Waals surface area contributed by atoms with E-state index in [4.69, 9.17) is 0 Å². The topological polar surface area (TPSA) is 96.9 Å². The molecule has 8 heteroatoms. The summed E-state index contributed by atoms with van der Waals surface area (Å²) in [5, 5.41) is 11.1. The Kier molecular flexibility index (Phi) is 6.32. The molecule has 140 valence electrons. The maximum atomic E-state index is 12.2. The number of aromatic nitrogens is 3. The van der Waals surface area contributed by atoms with Gasteiger partial charge in [-0.3, -0.25) is 9.71 Å².